The fraction of sp³-hybridized carbons (Fsp3) is 0.200. The van der Waals surface area contributed by atoms with Gasteiger partial charge in [0.05, 0.1) is 5.92 Å². The van der Waals surface area contributed by atoms with Gasteiger partial charge in [0.2, 0.25) is 6.10 Å². The van der Waals surface area contributed by atoms with E-state index in [2.05, 4.69) is 0 Å². The van der Waals surface area contributed by atoms with Crippen LogP contribution in [0.4, 0.5) is 0 Å². The van der Waals surface area contributed by atoms with Gasteiger partial charge in [-0.2, -0.15) is 5.26 Å². The Morgan fingerprint density at radius 3 is 2.33 bits per heavy atom. The van der Waals surface area contributed by atoms with E-state index in [0.717, 1.165) is 0 Å². The quantitative estimate of drug-likeness (QED) is 0.396. The summed E-state index contributed by atoms with van der Waals surface area (Å²) < 4.78 is 58.2. The molecule has 2 atom stereocenters. The third-order valence-electron chi connectivity index (χ3n) is 4.31. The van der Waals surface area contributed by atoms with Crippen LogP contribution in [0.5, 0.6) is 11.5 Å². The summed E-state index contributed by atoms with van der Waals surface area (Å²) in [5.41, 5.74) is 0.368. The summed E-state index contributed by atoms with van der Waals surface area (Å²) in [5, 5.41) is 10.1. The Morgan fingerprint density at radius 2 is 1.67 bits per heavy atom. The van der Waals surface area contributed by atoms with Crippen LogP contribution in [0, 0.1) is 17.2 Å². The number of rotatable bonds is 7. The third-order valence-corrected chi connectivity index (χ3v) is 4.56. The van der Waals surface area contributed by atoms with Crippen molar-refractivity contribution in [1.82, 2.24) is 0 Å². The van der Waals surface area contributed by atoms with Crippen molar-refractivity contribution >= 4 is 17.6 Å². The lowest BCUT2D eigenvalue weighted by Crippen LogP contribution is -2.22. The third kappa shape index (κ3) is 5.40. The summed E-state index contributed by atoms with van der Waals surface area (Å²) in [4.78, 5) is 13.3. The molecule has 30 heavy (non-hydrogen) atoms. The van der Waals surface area contributed by atoms with E-state index < -0.39 is 37.6 Å². The van der Waals surface area contributed by atoms with Crippen LogP contribution in [0.15, 0.2) is 78.9 Å². The van der Waals surface area contributed by atoms with Crippen molar-refractivity contribution in [3.8, 4) is 17.6 Å². The van der Waals surface area contributed by atoms with Gasteiger partial charge in [0.25, 0.3) is 0 Å². The van der Waals surface area contributed by atoms with Gasteiger partial charge in [-0.1, -0.05) is 67.8 Å². The van der Waals surface area contributed by atoms with E-state index >= 15 is 0 Å². The number of carbonyl (C=O) groups excluding carboxylic acids is 1. The summed E-state index contributed by atoms with van der Waals surface area (Å²) in [6, 6.07) is 22.7. The smallest absolute Gasteiger partial charge is 0.315 e. The second kappa shape index (κ2) is 9.96. The zero-order valence-corrected chi connectivity index (χ0v) is 16.5. The Kier molecular flexibility index (Phi) is 4.86. The molecule has 3 aromatic carbocycles. The van der Waals surface area contributed by atoms with Gasteiger partial charge in [0.1, 0.15) is 17.6 Å². The first-order chi connectivity index (χ1) is 16.9. The van der Waals surface area contributed by atoms with Gasteiger partial charge >= 0.3 is 5.97 Å². The number of carbonyl (C=O) groups is 1. The SMILES string of the molecule is [2H]C([2H])([2H])C(C(C(=O)OC(C#N)c1cccc(Oc2ccccc2)c1)c1ccc(Cl)cc1)C([2H])([2H])[2H]. The number of nitrogens with zero attached hydrogens (tertiary/aromatic N) is 1. The van der Waals surface area contributed by atoms with Gasteiger partial charge < -0.3 is 9.47 Å². The average molecular weight is 426 g/mol. The van der Waals surface area contributed by atoms with Gasteiger partial charge in [-0.25, -0.2) is 0 Å². The molecule has 0 amide bonds. The monoisotopic (exact) mass is 425 g/mol. The molecular weight excluding hydrogens is 398 g/mol. The predicted octanol–water partition coefficient (Wildman–Crippen LogP) is 6.68. The summed E-state index contributed by atoms with van der Waals surface area (Å²) >= 11 is 5.92. The number of halogens is 1. The first kappa shape index (κ1) is 14.7. The molecule has 0 saturated heterocycles. The van der Waals surface area contributed by atoms with Crippen molar-refractivity contribution in [2.24, 2.45) is 5.92 Å². The normalized spacial score (nSPS) is 16.4. The number of ether oxygens (including phenoxy) is 2. The van der Waals surface area contributed by atoms with Crippen molar-refractivity contribution in [2.45, 2.75) is 25.7 Å². The number of benzene rings is 3. The number of esters is 1. The maximum absolute atomic E-state index is 13.3. The van der Waals surface area contributed by atoms with Gasteiger partial charge in [-0.05, 0) is 47.9 Å². The van der Waals surface area contributed by atoms with E-state index in [1.165, 1.54) is 30.3 Å². The highest BCUT2D eigenvalue weighted by Crippen LogP contribution is 2.31. The molecule has 3 aromatic rings. The lowest BCUT2D eigenvalue weighted by atomic mass is 9.88. The summed E-state index contributed by atoms with van der Waals surface area (Å²) in [5.74, 6) is -4.00. The van der Waals surface area contributed by atoms with E-state index in [-0.39, 0.29) is 11.1 Å². The van der Waals surface area contributed by atoms with Crippen molar-refractivity contribution in [1.29, 1.82) is 5.26 Å². The van der Waals surface area contributed by atoms with E-state index in [9.17, 15) is 10.1 Å². The van der Waals surface area contributed by atoms with Crippen LogP contribution in [-0.4, -0.2) is 5.97 Å². The van der Waals surface area contributed by atoms with Crippen molar-refractivity contribution in [2.75, 3.05) is 0 Å². The van der Waals surface area contributed by atoms with E-state index in [1.807, 2.05) is 12.1 Å². The standard InChI is InChI=1S/C25H22ClNO3/c1-17(2)24(18-11-13-20(26)14-12-18)25(28)30-23(16-27)19-7-6-10-22(15-19)29-21-8-4-3-5-9-21/h3-15,17,23-24H,1-2H3/i1D3,2D3. The van der Waals surface area contributed by atoms with Crippen LogP contribution in [0.3, 0.4) is 0 Å². The maximum atomic E-state index is 13.3. The zero-order valence-electron chi connectivity index (χ0n) is 21.8. The molecule has 152 valence electrons. The molecule has 0 bridgehead atoms. The Labute approximate surface area is 190 Å². The van der Waals surface area contributed by atoms with Crippen LogP contribution >= 0.6 is 11.6 Å². The number of nitriles is 1. The molecule has 0 N–H and O–H groups in total. The minimum atomic E-state index is -3.03. The van der Waals surface area contributed by atoms with Crippen molar-refractivity contribution in [3.05, 3.63) is 95.0 Å². The number of para-hydroxylation sites is 1. The number of hydrogen-bond donors (Lipinski definition) is 0. The molecule has 5 heteroatoms. The van der Waals surface area contributed by atoms with Crippen molar-refractivity contribution in [3.63, 3.8) is 0 Å². The van der Waals surface area contributed by atoms with Gasteiger partial charge in [0, 0.05) is 18.8 Å². The highest BCUT2D eigenvalue weighted by atomic mass is 35.5. The van der Waals surface area contributed by atoms with Crippen LogP contribution in [-0.2, 0) is 9.53 Å². The average Bonchev–Trinajstić information content (AvgIpc) is 2.80. The Morgan fingerprint density at radius 1 is 0.967 bits per heavy atom. The lowest BCUT2D eigenvalue weighted by molar-refractivity contribution is -0.150. The molecule has 4 nitrogen and oxygen atoms in total. The molecule has 0 radical (unpaired) electrons. The second-order valence-electron chi connectivity index (χ2n) is 6.44. The highest BCUT2D eigenvalue weighted by Gasteiger charge is 2.29. The van der Waals surface area contributed by atoms with Crippen LogP contribution in [0.2, 0.25) is 5.02 Å². The first-order valence-corrected chi connectivity index (χ1v) is 9.46. The molecular formula is C25H22ClNO3. The van der Waals surface area contributed by atoms with Gasteiger partial charge in [-0.3, -0.25) is 4.79 Å². The molecule has 0 fully saturated rings. The molecule has 0 aliphatic heterocycles. The van der Waals surface area contributed by atoms with Crippen LogP contribution in [0.25, 0.3) is 0 Å². The predicted molar refractivity (Wildman–Crippen MR) is 116 cm³/mol. The topological polar surface area (TPSA) is 59.3 Å². The van der Waals surface area contributed by atoms with E-state index in [0.29, 0.717) is 16.5 Å². The molecule has 0 saturated carbocycles. The molecule has 2 unspecified atom stereocenters. The first-order valence-electron chi connectivity index (χ1n) is 12.1. The Balaban J connectivity index is 1.95. The molecule has 3 rings (SSSR count). The lowest BCUT2D eigenvalue weighted by Gasteiger charge is -2.22. The van der Waals surface area contributed by atoms with Gasteiger partial charge in [-0.15, -0.1) is 0 Å². The summed E-state index contributed by atoms with van der Waals surface area (Å²) in [6.45, 7) is -6.06. The van der Waals surface area contributed by atoms with E-state index in [4.69, 9.17) is 29.3 Å². The molecule has 0 aliphatic carbocycles. The largest absolute Gasteiger partial charge is 0.457 e. The fourth-order valence-corrected chi connectivity index (χ4v) is 2.98. The van der Waals surface area contributed by atoms with E-state index in [1.54, 1.807) is 42.5 Å². The fourth-order valence-electron chi connectivity index (χ4n) is 2.86. The second-order valence-corrected chi connectivity index (χ2v) is 6.88. The molecule has 0 aliphatic rings. The minimum Gasteiger partial charge on any atom is -0.457 e. The molecule has 0 heterocycles. The number of hydrogen-bond acceptors (Lipinski definition) is 4. The zero-order chi connectivity index (χ0) is 26.5. The Bertz CT molecular complexity index is 1210. The Hall–Kier alpha value is -3.29. The van der Waals surface area contributed by atoms with Gasteiger partial charge in [0.15, 0.2) is 0 Å². The molecule has 0 spiro atoms. The van der Waals surface area contributed by atoms with Crippen LogP contribution in [0.1, 0.15) is 45.1 Å². The van der Waals surface area contributed by atoms with Crippen LogP contribution < -0.4 is 4.74 Å². The summed E-state index contributed by atoms with van der Waals surface area (Å²) in [7, 11) is 0. The maximum Gasteiger partial charge on any atom is 0.315 e. The van der Waals surface area contributed by atoms with Crippen molar-refractivity contribution < 1.29 is 22.5 Å². The highest BCUT2D eigenvalue weighted by molar-refractivity contribution is 6.30. The minimum absolute atomic E-state index is 0.0968. The molecule has 0 aromatic heterocycles. The summed E-state index contributed by atoms with van der Waals surface area (Å²) in [6.07, 6.45) is -1.44.